The molecule has 0 aromatic heterocycles. The SMILES string of the molecule is CC1(C)OB(c2ccc(C[C@H](NC(=O)c3ccc(-c4ccccc4)cc3)C(=O)O)cc2)OC1(C)C. The van der Waals surface area contributed by atoms with Crippen LogP contribution in [0.1, 0.15) is 43.6 Å². The van der Waals surface area contributed by atoms with Gasteiger partial charge in [0, 0.05) is 12.0 Å². The zero-order valence-corrected chi connectivity index (χ0v) is 20.4. The molecule has 2 N–H and O–H groups in total. The van der Waals surface area contributed by atoms with Crippen molar-refractivity contribution < 1.29 is 24.0 Å². The predicted molar refractivity (Wildman–Crippen MR) is 137 cm³/mol. The second-order valence-electron chi connectivity index (χ2n) is 9.84. The van der Waals surface area contributed by atoms with E-state index in [2.05, 4.69) is 5.32 Å². The van der Waals surface area contributed by atoms with Crippen molar-refractivity contribution in [2.24, 2.45) is 0 Å². The third-order valence-corrected chi connectivity index (χ3v) is 6.80. The van der Waals surface area contributed by atoms with Gasteiger partial charge in [0.1, 0.15) is 6.04 Å². The number of carbonyl (C=O) groups excluding carboxylic acids is 1. The Hall–Kier alpha value is -3.42. The number of rotatable bonds is 7. The third-order valence-electron chi connectivity index (χ3n) is 6.80. The molecule has 1 saturated heterocycles. The Kier molecular flexibility index (Phi) is 6.83. The van der Waals surface area contributed by atoms with E-state index in [0.29, 0.717) is 5.56 Å². The normalized spacial score (nSPS) is 17.1. The van der Waals surface area contributed by atoms with Crippen molar-refractivity contribution in [1.82, 2.24) is 5.32 Å². The summed E-state index contributed by atoms with van der Waals surface area (Å²) in [5.74, 6) is -1.51. The summed E-state index contributed by atoms with van der Waals surface area (Å²) in [5.41, 5.74) is 3.22. The maximum absolute atomic E-state index is 12.7. The number of hydrogen-bond acceptors (Lipinski definition) is 4. The van der Waals surface area contributed by atoms with Crippen LogP contribution in [0.5, 0.6) is 0 Å². The first-order valence-electron chi connectivity index (χ1n) is 11.7. The zero-order chi connectivity index (χ0) is 25.2. The molecule has 0 unspecified atom stereocenters. The summed E-state index contributed by atoms with van der Waals surface area (Å²) in [4.78, 5) is 24.6. The molecule has 1 fully saturated rings. The minimum absolute atomic E-state index is 0.160. The molecule has 35 heavy (non-hydrogen) atoms. The van der Waals surface area contributed by atoms with Gasteiger partial charge in [0.15, 0.2) is 0 Å². The van der Waals surface area contributed by atoms with Gasteiger partial charge in [-0.1, -0.05) is 66.7 Å². The van der Waals surface area contributed by atoms with Gasteiger partial charge in [-0.3, -0.25) is 4.79 Å². The van der Waals surface area contributed by atoms with Crippen LogP contribution < -0.4 is 10.8 Å². The van der Waals surface area contributed by atoms with E-state index in [0.717, 1.165) is 22.2 Å². The van der Waals surface area contributed by atoms with Gasteiger partial charge in [0.2, 0.25) is 0 Å². The molecule has 0 bridgehead atoms. The number of nitrogens with one attached hydrogen (secondary N) is 1. The molecule has 3 aromatic carbocycles. The molecule has 180 valence electrons. The molecule has 4 rings (SSSR count). The van der Waals surface area contributed by atoms with Crippen molar-refractivity contribution in [1.29, 1.82) is 0 Å². The highest BCUT2D eigenvalue weighted by Crippen LogP contribution is 2.36. The maximum Gasteiger partial charge on any atom is 0.494 e. The Morgan fingerprint density at radius 1 is 0.829 bits per heavy atom. The lowest BCUT2D eigenvalue weighted by molar-refractivity contribution is -0.139. The van der Waals surface area contributed by atoms with Crippen molar-refractivity contribution in [3.63, 3.8) is 0 Å². The number of carboxylic acids is 1. The molecule has 0 radical (unpaired) electrons. The lowest BCUT2D eigenvalue weighted by Gasteiger charge is -2.32. The molecule has 7 heteroatoms. The fourth-order valence-electron chi connectivity index (χ4n) is 3.91. The highest BCUT2D eigenvalue weighted by molar-refractivity contribution is 6.62. The van der Waals surface area contributed by atoms with Crippen molar-refractivity contribution in [2.75, 3.05) is 0 Å². The minimum atomic E-state index is -1.09. The first kappa shape index (κ1) is 24.7. The number of carboxylic acid groups (broad SMARTS) is 1. The molecule has 1 amide bonds. The summed E-state index contributed by atoms with van der Waals surface area (Å²) >= 11 is 0. The second kappa shape index (κ2) is 9.68. The zero-order valence-electron chi connectivity index (χ0n) is 20.4. The van der Waals surface area contributed by atoms with Gasteiger partial charge in [-0.05, 0) is 62.0 Å². The average Bonchev–Trinajstić information content (AvgIpc) is 3.06. The number of aliphatic carboxylic acids is 1. The van der Waals surface area contributed by atoms with Crippen LogP contribution >= 0.6 is 0 Å². The van der Waals surface area contributed by atoms with Crippen molar-refractivity contribution in [2.45, 2.75) is 51.4 Å². The van der Waals surface area contributed by atoms with Gasteiger partial charge in [-0.2, -0.15) is 0 Å². The minimum Gasteiger partial charge on any atom is -0.480 e. The summed E-state index contributed by atoms with van der Waals surface area (Å²) in [6.07, 6.45) is 0.160. The first-order chi connectivity index (χ1) is 16.6. The Morgan fingerprint density at radius 3 is 1.91 bits per heavy atom. The monoisotopic (exact) mass is 471 g/mol. The van der Waals surface area contributed by atoms with Crippen LogP contribution in [0.15, 0.2) is 78.9 Å². The van der Waals surface area contributed by atoms with E-state index in [1.165, 1.54) is 0 Å². The smallest absolute Gasteiger partial charge is 0.480 e. The third kappa shape index (κ3) is 5.47. The number of hydrogen-bond donors (Lipinski definition) is 2. The van der Waals surface area contributed by atoms with Crippen LogP contribution in [0.3, 0.4) is 0 Å². The summed E-state index contributed by atoms with van der Waals surface area (Å²) in [7, 11) is -0.483. The quantitative estimate of drug-likeness (QED) is 0.508. The Bertz CT molecular complexity index is 1170. The lowest BCUT2D eigenvalue weighted by Crippen LogP contribution is -2.42. The molecule has 6 nitrogen and oxygen atoms in total. The number of carbonyl (C=O) groups is 2. The maximum atomic E-state index is 12.7. The topological polar surface area (TPSA) is 84.9 Å². The number of benzene rings is 3. The Morgan fingerprint density at radius 2 is 1.37 bits per heavy atom. The van der Waals surface area contributed by atoms with Gasteiger partial charge >= 0.3 is 13.1 Å². The largest absolute Gasteiger partial charge is 0.494 e. The van der Waals surface area contributed by atoms with E-state index < -0.39 is 36.2 Å². The summed E-state index contributed by atoms with van der Waals surface area (Å²) < 4.78 is 12.1. The average molecular weight is 471 g/mol. The van der Waals surface area contributed by atoms with Crippen molar-refractivity contribution >= 4 is 24.5 Å². The second-order valence-corrected chi connectivity index (χ2v) is 9.84. The first-order valence-corrected chi connectivity index (χ1v) is 11.7. The van der Waals surface area contributed by atoms with E-state index >= 15 is 0 Å². The molecule has 1 heterocycles. The summed E-state index contributed by atoms with van der Waals surface area (Å²) in [6, 6.07) is 23.3. The molecule has 3 aromatic rings. The van der Waals surface area contributed by atoms with Crippen LogP contribution in [0.2, 0.25) is 0 Å². The highest BCUT2D eigenvalue weighted by Gasteiger charge is 2.51. The van der Waals surface area contributed by atoms with Crippen molar-refractivity contribution in [3.8, 4) is 11.1 Å². The molecule has 1 aliphatic rings. The van der Waals surface area contributed by atoms with E-state index in [1.807, 2.05) is 94.4 Å². The van der Waals surface area contributed by atoms with Gasteiger partial charge in [0.05, 0.1) is 11.2 Å². The van der Waals surface area contributed by atoms with E-state index in [9.17, 15) is 14.7 Å². The van der Waals surface area contributed by atoms with E-state index in [-0.39, 0.29) is 6.42 Å². The number of amides is 1. The van der Waals surface area contributed by atoms with Crippen LogP contribution in [0, 0.1) is 0 Å². The molecule has 1 atom stereocenters. The van der Waals surface area contributed by atoms with E-state index in [1.54, 1.807) is 12.1 Å². The molecule has 0 saturated carbocycles. The standard InChI is InChI=1S/C28H30BNO5/c1-27(2)28(3,4)35-29(34-27)23-16-10-19(11-17-23)18-24(26(32)33)30-25(31)22-14-12-21(13-15-22)20-8-6-5-7-9-20/h5-17,24H,18H2,1-4H3,(H,30,31)(H,32,33)/t24-/m0/s1. The van der Waals surface area contributed by atoms with E-state index in [4.69, 9.17) is 9.31 Å². The molecular formula is C28H30BNO5. The van der Waals surface area contributed by atoms with Crippen molar-refractivity contribution in [3.05, 3.63) is 90.0 Å². The highest BCUT2D eigenvalue weighted by atomic mass is 16.7. The van der Waals surface area contributed by atoms with Crippen LogP contribution in [0.4, 0.5) is 0 Å². The van der Waals surface area contributed by atoms with Gasteiger partial charge in [0.25, 0.3) is 5.91 Å². The molecular weight excluding hydrogens is 441 g/mol. The van der Waals surface area contributed by atoms with Gasteiger partial charge in [-0.15, -0.1) is 0 Å². The van der Waals surface area contributed by atoms with Gasteiger partial charge in [-0.25, -0.2) is 4.79 Å². The summed E-state index contributed by atoms with van der Waals surface area (Å²) in [5, 5.41) is 12.4. The van der Waals surface area contributed by atoms with Crippen LogP contribution in [-0.2, 0) is 20.5 Å². The predicted octanol–water partition coefficient (Wildman–Crippen LogP) is 4.08. The lowest BCUT2D eigenvalue weighted by atomic mass is 9.78. The van der Waals surface area contributed by atoms with Crippen LogP contribution in [-0.4, -0.2) is 41.3 Å². The Labute approximate surface area is 206 Å². The Balaban J connectivity index is 1.40. The fourth-order valence-corrected chi connectivity index (χ4v) is 3.91. The summed E-state index contributed by atoms with van der Waals surface area (Å²) in [6.45, 7) is 7.99. The fraction of sp³-hybridized carbons (Fsp3) is 0.286. The molecule has 0 aliphatic carbocycles. The molecule has 0 spiro atoms. The van der Waals surface area contributed by atoms with Gasteiger partial charge < -0.3 is 19.7 Å². The molecule has 1 aliphatic heterocycles. The van der Waals surface area contributed by atoms with Crippen LogP contribution in [0.25, 0.3) is 11.1 Å².